The summed E-state index contributed by atoms with van der Waals surface area (Å²) in [7, 11) is 4.45. The fourth-order valence-corrected chi connectivity index (χ4v) is 7.54. The van der Waals surface area contributed by atoms with Crippen LogP contribution in [0.15, 0.2) is 58.3 Å². The first-order chi connectivity index (χ1) is 17.8. The summed E-state index contributed by atoms with van der Waals surface area (Å²) < 4.78 is 0. The summed E-state index contributed by atoms with van der Waals surface area (Å²) in [5, 5.41) is 8.19. The molecule has 0 N–H and O–H groups in total. The molecule has 2 heterocycles. The minimum Gasteiger partial charge on any atom is -0.263 e. The third-order valence-corrected chi connectivity index (χ3v) is 9.13. The summed E-state index contributed by atoms with van der Waals surface area (Å²) >= 11 is 1.98. The predicted molar refractivity (Wildman–Crippen MR) is 174 cm³/mol. The molecule has 1 aromatic heterocycles. The van der Waals surface area contributed by atoms with E-state index in [9.17, 15) is 0 Å². The number of hydrogen-bond donors (Lipinski definition) is 0. The van der Waals surface area contributed by atoms with Gasteiger partial charge < -0.3 is 0 Å². The molecule has 4 aromatic carbocycles. The number of pyridine rings is 1. The molecular formula is C34H37B2NS. The van der Waals surface area contributed by atoms with E-state index in [1.54, 1.807) is 0 Å². The maximum absolute atomic E-state index is 5.31. The van der Waals surface area contributed by atoms with Crippen LogP contribution in [0.1, 0.15) is 58.2 Å². The van der Waals surface area contributed by atoms with Crippen LogP contribution in [0, 0.1) is 17.8 Å². The summed E-state index contributed by atoms with van der Waals surface area (Å²) in [4.78, 5) is 8.07. The van der Waals surface area contributed by atoms with Gasteiger partial charge in [0, 0.05) is 20.7 Å². The number of rotatable bonds is 2. The molecule has 1 aliphatic rings. The van der Waals surface area contributed by atoms with Crippen molar-refractivity contribution in [2.45, 2.75) is 71.1 Å². The van der Waals surface area contributed by atoms with Crippen molar-refractivity contribution in [2.24, 2.45) is 10.8 Å². The van der Waals surface area contributed by atoms with Crippen LogP contribution in [-0.2, 0) is 12.8 Å². The average Bonchev–Trinajstić information content (AvgIpc) is 2.80. The molecule has 0 saturated heterocycles. The largest absolute Gasteiger partial charge is 0.263 e. The van der Waals surface area contributed by atoms with Gasteiger partial charge >= 0.3 is 0 Å². The second kappa shape index (κ2) is 8.65. The second-order valence-corrected chi connectivity index (χ2v) is 14.9. The van der Waals surface area contributed by atoms with Crippen molar-refractivity contribution in [1.29, 1.82) is 0 Å². The molecule has 4 heteroatoms. The Kier molecular flexibility index (Phi) is 5.82. The average molecular weight is 513 g/mol. The van der Waals surface area contributed by atoms with Gasteiger partial charge in [-0.2, -0.15) is 0 Å². The zero-order valence-electron chi connectivity index (χ0n) is 24.4. The third kappa shape index (κ3) is 4.26. The maximum atomic E-state index is 5.31. The number of hydrogen-bond acceptors (Lipinski definition) is 2. The standard InChI is InChI=1S/C34H37B2NS/c1-18-11-12-21-20(13-18)14-24-30-28-26(38-31(24)25(21)17-34(5,6)7)15-23-19(16-33(2,3)4)9-8-10-22(23)27(28)29(35)32(36)37-30/h8-15H,16-17,35-36H2,1-7H3. The zero-order valence-corrected chi connectivity index (χ0v) is 25.2. The summed E-state index contributed by atoms with van der Waals surface area (Å²) in [6.45, 7) is 16.3. The smallest absolute Gasteiger partial charge is 0.163 e. The minimum atomic E-state index is 0.184. The van der Waals surface area contributed by atoms with Gasteiger partial charge in [0.25, 0.3) is 0 Å². The van der Waals surface area contributed by atoms with Crippen LogP contribution in [0.3, 0.4) is 0 Å². The third-order valence-electron chi connectivity index (χ3n) is 7.92. The van der Waals surface area contributed by atoms with E-state index in [4.69, 9.17) is 4.98 Å². The Balaban J connectivity index is 1.76. The number of aromatic nitrogens is 1. The van der Waals surface area contributed by atoms with E-state index in [0.717, 1.165) is 24.1 Å². The Morgan fingerprint density at radius 2 is 1.53 bits per heavy atom. The highest BCUT2D eigenvalue weighted by atomic mass is 32.2. The highest BCUT2D eigenvalue weighted by molar-refractivity contribution is 8.00. The number of aryl methyl sites for hydroxylation is 1. The summed E-state index contributed by atoms with van der Waals surface area (Å²) in [6.07, 6.45) is 2.10. The molecule has 190 valence electrons. The Labute approximate surface area is 233 Å². The quantitative estimate of drug-likeness (QED) is 0.189. The molecule has 0 unspecified atom stereocenters. The van der Waals surface area contributed by atoms with E-state index in [0.29, 0.717) is 0 Å². The van der Waals surface area contributed by atoms with Crippen LogP contribution in [-0.4, -0.2) is 20.7 Å². The monoisotopic (exact) mass is 513 g/mol. The van der Waals surface area contributed by atoms with Gasteiger partial charge in [-0.3, -0.25) is 4.98 Å². The molecule has 0 aliphatic carbocycles. The molecule has 0 radical (unpaired) electrons. The lowest BCUT2D eigenvalue weighted by Gasteiger charge is -2.29. The van der Waals surface area contributed by atoms with E-state index in [1.807, 2.05) is 11.8 Å². The van der Waals surface area contributed by atoms with E-state index in [1.165, 1.54) is 69.8 Å². The Morgan fingerprint density at radius 3 is 2.24 bits per heavy atom. The summed E-state index contributed by atoms with van der Waals surface area (Å²) in [5.41, 5.74) is 9.53. The van der Waals surface area contributed by atoms with Crippen LogP contribution >= 0.6 is 11.8 Å². The summed E-state index contributed by atoms with van der Waals surface area (Å²) in [5.74, 6) is 0. The molecule has 0 saturated carbocycles. The Morgan fingerprint density at radius 1 is 0.789 bits per heavy atom. The van der Waals surface area contributed by atoms with Crippen molar-refractivity contribution in [3.63, 3.8) is 0 Å². The first-order valence-electron chi connectivity index (χ1n) is 13.9. The van der Waals surface area contributed by atoms with Crippen molar-refractivity contribution in [1.82, 2.24) is 4.98 Å². The fraction of sp³-hybridized carbons (Fsp3) is 0.324. The predicted octanol–water partition coefficient (Wildman–Crippen LogP) is 6.68. The van der Waals surface area contributed by atoms with Crippen LogP contribution in [0.25, 0.3) is 43.6 Å². The lowest BCUT2D eigenvalue weighted by Crippen LogP contribution is -2.31. The zero-order chi connectivity index (χ0) is 27.1. The van der Waals surface area contributed by atoms with Gasteiger partial charge in [0.1, 0.15) is 7.85 Å². The SMILES string of the molecule is Bc1nc2c3c(cc4c(CC(C)(C)C)cccc4c3c1B)Sc1c-2cc2cc(C)ccc2c1CC(C)(C)C. The van der Waals surface area contributed by atoms with Gasteiger partial charge in [0.2, 0.25) is 0 Å². The van der Waals surface area contributed by atoms with Gasteiger partial charge in [-0.15, -0.1) is 0 Å². The maximum Gasteiger partial charge on any atom is 0.163 e. The molecule has 0 fully saturated rings. The molecule has 0 bridgehead atoms. The van der Waals surface area contributed by atoms with Crippen LogP contribution in [0.5, 0.6) is 0 Å². The molecule has 0 amide bonds. The summed E-state index contributed by atoms with van der Waals surface area (Å²) in [6, 6.07) is 18.8. The lowest BCUT2D eigenvalue weighted by molar-refractivity contribution is 0.410. The fourth-order valence-electron chi connectivity index (χ4n) is 6.27. The number of nitrogens with zero attached hydrogens (tertiary/aromatic N) is 1. The number of benzene rings is 4. The first kappa shape index (κ1) is 25.6. The van der Waals surface area contributed by atoms with Crippen molar-refractivity contribution >= 4 is 70.8 Å². The van der Waals surface area contributed by atoms with E-state index in [2.05, 4.69) is 113 Å². The van der Waals surface area contributed by atoms with Gasteiger partial charge in [-0.05, 0) is 86.4 Å². The Hall–Kier alpha value is -2.71. The van der Waals surface area contributed by atoms with Crippen LogP contribution < -0.4 is 11.1 Å². The van der Waals surface area contributed by atoms with Gasteiger partial charge in [-0.1, -0.05) is 101 Å². The molecular weight excluding hydrogens is 476 g/mol. The first-order valence-corrected chi connectivity index (χ1v) is 14.7. The van der Waals surface area contributed by atoms with Crippen molar-refractivity contribution in [3.8, 4) is 11.3 Å². The van der Waals surface area contributed by atoms with Crippen LogP contribution in [0.4, 0.5) is 0 Å². The molecule has 1 aliphatic heterocycles. The highest BCUT2D eigenvalue weighted by Crippen LogP contribution is 2.52. The van der Waals surface area contributed by atoms with Crippen molar-refractivity contribution < 1.29 is 0 Å². The molecule has 5 aromatic rings. The topological polar surface area (TPSA) is 12.9 Å². The molecule has 0 atom stereocenters. The van der Waals surface area contributed by atoms with E-state index >= 15 is 0 Å². The molecule has 38 heavy (non-hydrogen) atoms. The van der Waals surface area contributed by atoms with Crippen LogP contribution in [0.2, 0.25) is 0 Å². The van der Waals surface area contributed by atoms with E-state index in [-0.39, 0.29) is 10.8 Å². The van der Waals surface area contributed by atoms with E-state index < -0.39 is 0 Å². The van der Waals surface area contributed by atoms with Crippen molar-refractivity contribution in [2.75, 3.05) is 0 Å². The second-order valence-electron chi connectivity index (χ2n) is 13.8. The highest BCUT2D eigenvalue weighted by Gasteiger charge is 2.29. The molecule has 1 nitrogen and oxygen atoms in total. The normalized spacial score (nSPS) is 13.4. The minimum absolute atomic E-state index is 0.184. The Bertz CT molecular complexity index is 1790. The van der Waals surface area contributed by atoms with Gasteiger partial charge in [-0.25, -0.2) is 0 Å². The molecule has 6 rings (SSSR count). The van der Waals surface area contributed by atoms with Gasteiger partial charge in [0.15, 0.2) is 7.85 Å². The number of fused-ring (bicyclic) bond motifs is 5. The van der Waals surface area contributed by atoms with Gasteiger partial charge in [0.05, 0.1) is 5.69 Å². The lowest BCUT2D eigenvalue weighted by atomic mass is 9.78. The van der Waals surface area contributed by atoms with Crippen molar-refractivity contribution in [3.05, 3.63) is 65.2 Å². The molecule has 0 spiro atoms.